The Balaban J connectivity index is 2.72. The zero-order valence-electron chi connectivity index (χ0n) is 6.97. The SMILES string of the molecule is CC(=O)NNc1ncc(Cl)cc1N. The van der Waals surface area contributed by atoms with Gasteiger partial charge in [-0.25, -0.2) is 4.98 Å². The largest absolute Gasteiger partial charge is 0.396 e. The van der Waals surface area contributed by atoms with Gasteiger partial charge in [-0.05, 0) is 6.07 Å². The van der Waals surface area contributed by atoms with Gasteiger partial charge in [0.05, 0.1) is 10.7 Å². The summed E-state index contributed by atoms with van der Waals surface area (Å²) < 4.78 is 0. The molecule has 0 radical (unpaired) electrons. The Kier molecular flexibility index (Phi) is 2.92. The summed E-state index contributed by atoms with van der Waals surface area (Å²) in [6.45, 7) is 1.37. The van der Waals surface area contributed by atoms with Gasteiger partial charge in [-0.2, -0.15) is 0 Å². The number of nitrogens with one attached hydrogen (secondary N) is 2. The summed E-state index contributed by atoms with van der Waals surface area (Å²) in [4.78, 5) is 14.4. The molecule has 0 aromatic carbocycles. The monoisotopic (exact) mass is 200 g/mol. The van der Waals surface area contributed by atoms with Crippen molar-refractivity contribution < 1.29 is 4.79 Å². The van der Waals surface area contributed by atoms with E-state index >= 15 is 0 Å². The van der Waals surface area contributed by atoms with Crippen molar-refractivity contribution in [2.75, 3.05) is 11.2 Å². The van der Waals surface area contributed by atoms with E-state index in [1.807, 2.05) is 0 Å². The predicted octanol–water partition coefficient (Wildman–Crippen LogP) is 0.780. The number of nitrogens with two attached hydrogens (primary N) is 1. The molecule has 0 bridgehead atoms. The van der Waals surface area contributed by atoms with E-state index in [4.69, 9.17) is 17.3 Å². The van der Waals surface area contributed by atoms with Gasteiger partial charge in [0, 0.05) is 13.1 Å². The van der Waals surface area contributed by atoms with Crippen LogP contribution in [0.5, 0.6) is 0 Å². The van der Waals surface area contributed by atoms with E-state index in [-0.39, 0.29) is 5.91 Å². The molecule has 13 heavy (non-hydrogen) atoms. The first-order valence-electron chi connectivity index (χ1n) is 3.53. The molecule has 0 fully saturated rings. The quantitative estimate of drug-likeness (QED) is 0.617. The van der Waals surface area contributed by atoms with E-state index in [1.54, 1.807) is 6.07 Å². The molecule has 1 rings (SSSR count). The van der Waals surface area contributed by atoms with Crippen LogP contribution < -0.4 is 16.6 Å². The highest BCUT2D eigenvalue weighted by Gasteiger charge is 2.00. The van der Waals surface area contributed by atoms with Crippen LogP contribution in [0.25, 0.3) is 0 Å². The highest BCUT2D eigenvalue weighted by Crippen LogP contribution is 2.18. The molecule has 0 aliphatic carbocycles. The van der Waals surface area contributed by atoms with Crippen molar-refractivity contribution in [3.63, 3.8) is 0 Å². The van der Waals surface area contributed by atoms with Crippen molar-refractivity contribution in [1.29, 1.82) is 0 Å². The van der Waals surface area contributed by atoms with Crippen LogP contribution in [-0.2, 0) is 4.79 Å². The van der Waals surface area contributed by atoms with Crippen LogP contribution in [0.4, 0.5) is 11.5 Å². The standard InChI is InChI=1S/C7H9ClN4O/c1-4(13)11-12-7-6(9)2-5(8)3-10-7/h2-3H,9H2,1H3,(H,10,12)(H,11,13). The zero-order valence-corrected chi connectivity index (χ0v) is 7.72. The van der Waals surface area contributed by atoms with E-state index in [0.29, 0.717) is 16.5 Å². The van der Waals surface area contributed by atoms with Crippen molar-refractivity contribution >= 4 is 29.0 Å². The average molecular weight is 201 g/mol. The highest BCUT2D eigenvalue weighted by molar-refractivity contribution is 6.30. The Morgan fingerprint density at radius 3 is 2.92 bits per heavy atom. The fraction of sp³-hybridized carbons (Fsp3) is 0.143. The van der Waals surface area contributed by atoms with E-state index in [0.717, 1.165) is 0 Å². The maximum absolute atomic E-state index is 10.5. The number of hydrazine groups is 1. The van der Waals surface area contributed by atoms with Crippen molar-refractivity contribution in [2.24, 2.45) is 0 Å². The number of amides is 1. The Morgan fingerprint density at radius 1 is 1.69 bits per heavy atom. The number of hydrogen-bond donors (Lipinski definition) is 3. The topological polar surface area (TPSA) is 80.0 Å². The number of halogens is 1. The van der Waals surface area contributed by atoms with Gasteiger partial charge in [-0.15, -0.1) is 0 Å². The van der Waals surface area contributed by atoms with Gasteiger partial charge in [0.1, 0.15) is 0 Å². The lowest BCUT2D eigenvalue weighted by Crippen LogP contribution is -2.27. The molecule has 70 valence electrons. The lowest BCUT2D eigenvalue weighted by Gasteiger charge is -2.07. The normalized spacial score (nSPS) is 9.38. The van der Waals surface area contributed by atoms with Crippen LogP contribution in [0.3, 0.4) is 0 Å². The molecule has 1 amide bonds. The summed E-state index contributed by atoms with van der Waals surface area (Å²) in [5, 5.41) is 0.450. The number of rotatable bonds is 2. The van der Waals surface area contributed by atoms with Crippen LogP contribution in [0.15, 0.2) is 12.3 Å². The molecule has 4 N–H and O–H groups in total. The van der Waals surface area contributed by atoms with Gasteiger partial charge in [0.15, 0.2) is 5.82 Å². The van der Waals surface area contributed by atoms with Crippen molar-refractivity contribution in [1.82, 2.24) is 10.4 Å². The van der Waals surface area contributed by atoms with Crippen LogP contribution in [0.2, 0.25) is 5.02 Å². The van der Waals surface area contributed by atoms with E-state index in [2.05, 4.69) is 15.8 Å². The summed E-state index contributed by atoms with van der Waals surface area (Å²) in [5.41, 5.74) is 10.8. The fourth-order valence-corrected chi connectivity index (χ4v) is 0.873. The molecular weight excluding hydrogens is 192 g/mol. The molecule has 5 nitrogen and oxygen atoms in total. The van der Waals surface area contributed by atoms with Crippen molar-refractivity contribution in [3.05, 3.63) is 17.3 Å². The summed E-state index contributed by atoms with van der Waals surface area (Å²) in [5.74, 6) is 0.149. The van der Waals surface area contributed by atoms with Crippen molar-refractivity contribution in [3.8, 4) is 0 Å². The first-order chi connectivity index (χ1) is 6.09. The first kappa shape index (κ1) is 9.60. The predicted molar refractivity (Wildman–Crippen MR) is 51.1 cm³/mol. The fourth-order valence-electron chi connectivity index (χ4n) is 0.707. The van der Waals surface area contributed by atoms with Crippen LogP contribution in [0.1, 0.15) is 6.92 Å². The summed E-state index contributed by atoms with van der Waals surface area (Å²) >= 11 is 5.62. The number of anilines is 2. The minimum absolute atomic E-state index is 0.226. The third kappa shape index (κ3) is 2.79. The van der Waals surface area contributed by atoms with Crippen LogP contribution >= 0.6 is 11.6 Å². The minimum Gasteiger partial charge on any atom is -0.396 e. The summed E-state index contributed by atoms with van der Waals surface area (Å²) in [6, 6.07) is 1.54. The lowest BCUT2D eigenvalue weighted by atomic mass is 10.4. The maximum atomic E-state index is 10.5. The van der Waals surface area contributed by atoms with Crippen molar-refractivity contribution in [2.45, 2.75) is 6.92 Å². The molecule has 0 aliphatic rings. The molecular formula is C7H9ClN4O. The average Bonchev–Trinajstić information content (AvgIpc) is 2.02. The minimum atomic E-state index is -0.226. The first-order valence-corrected chi connectivity index (χ1v) is 3.91. The molecule has 1 aromatic rings. The number of hydrogen-bond acceptors (Lipinski definition) is 4. The zero-order chi connectivity index (χ0) is 9.84. The number of nitrogen functional groups attached to an aromatic ring is 1. The second-order valence-electron chi connectivity index (χ2n) is 2.40. The van der Waals surface area contributed by atoms with Crippen LogP contribution in [0, 0.1) is 0 Å². The molecule has 0 unspecified atom stereocenters. The third-order valence-corrected chi connectivity index (χ3v) is 1.45. The molecule has 1 heterocycles. The Labute approximate surface area is 80.3 Å². The molecule has 6 heteroatoms. The van der Waals surface area contributed by atoms with Gasteiger partial charge in [-0.1, -0.05) is 11.6 Å². The lowest BCUT2D eigenvalue weighted by molar-refractivity contribution is -0.118. The number of nitrogens with zero attached hydrogens (tertiary/aromatic N) is 1. The Hall–Kier alpha value is -1.49. The molecule has 1 aromatic heterocycles. The van der Waals surface area contributed by atoms with Gasteiger partial charge in [0.25, 0.3) is 0 Å². The molecule has 0 saturated carbocycles. The number of aromatic nitrogens is 1. The second kappa shape index (κ2) is 3.95. The summed E-state index contributed by atoms with van der Waals surface area (Å²) in [7, 11) is 0. The van der Waals surface area contributed by atoms with Gasteiger partial charge in [0.2, 0.25) is 5.91 Å². The maximum Gasteiger partial charge on any atom is 0.235 e. The second-order valence-corrected chi connectivity index (χ2v) is 2.83. The van der Waals surface area contributed by atoms with E-state index in [9.17, 15) is 4.79 Å². The Morgan fingerprint density at radius 2 is 2.38 bits per heavy atom. The van der Waals surface area contributed by atoms with Gasteiger partial charge >= 0.3 is 0 Å². The number of carbonyl (C=O) groups is 1. The third-order valence-electron chi connectivity index (χ3n) is 1.24. The van der Waals surface area contributed by atoms with Crippen LogP contribution in [-0.4, -0.2) is 10.9 Å². The smallest absolute Gasteiger partial charge is 0.235 e. The van der Waals surface area contributed by atoms with E-state index in [1.165, 1.54) is 13.1 Å². The number of carbonyl (C=O) groups excluding carboxylic acids is 1. The molecule has 0 aliphatic heterocycles. The van der Waals surface area contributed by atoms with E-state index < -0.39 is 0 Å². The highest BCUT2D eigenvalue weighted by atomic mass is 35.5. The Bertz CT molecular complexity index is 328. The van der Waals surface area contributed by atoms with Gasteiger partial charge < -0.3 is 5.73 Å². The molecule has 0 saturated heterocycles. The summed E-state index contributed by atoms with van der Waals surface area (Å²) in [6.07, 6.45) is 1.43. The molecule has 0 spiro atoms. The van der Waals surface area contributed by atoms with Gasteiger partial charge in [-0.3, -0.25) is 15.6 Å². The number of pyridine rings is 1. The molecule has 0 atom stereocenters.